The van der Waals surface area contributed by atoms with E-state index in [2.05, 4.69) is 10.4 Å². The zero-order valence-electron chi connectivity index (χ0n) is 21.1. The molecule has 0 bridgehead atoms. The molecule has 7 nitrogen and oxygen atoms in total. The quantitative estimate of drug-likeness (QED) is 0.302. The van der Waals surface area contributed by atoms with Gasteiger partial charge in [0.05, 0.1) is 5.69 Å². The number of aryl methyl sites for hydroxylation is 1. The second kappa shape index (κ2) is 10.9. The van der Waals surface area contributed by atoms with Crippen LogP contribution in [0.4, 0.5) is 18.9 Å². The number of alkyl halides is 3. The van der Waals surface area contributed by atoms with E-state index >= 15 is 0 Å². The lowest BCUT2D eigenvalue weighted by molar-refractivity contribution is -0.141. The van der Waals surface area contributed by atoms with Gasteiger partial charge in [-0.2, -0.15) is 18.3 Å². The summed E-state index contributed by atoms with van der Waals surface area (Å²) in [6, 6.07) is 19.7. The Kier molecular flexibility index (Phi) is 7.38. The molecule has 1 saturated carbocycles. The lowest BCUT2D eigenvalue weighted by Crippen LogP contribution is -2.25. The molecule has 0 aliphatic heterocycles. The van der Waals surface area contributed by atoms with Crippen LogP contribution in [0.2, 0.25) is 0 Å². The van der Waals surface area contributed by atoms with Gasteiger partial charge in [-0.15, -0.1) is 0 Å². The highest BCUT2D eigenvalue weighted by Crippen LogP contribution is 2.41. The Balaban J connectivity index is 1.36. The second-order valence-corrected chi connectivity index (χ2v) is 9.74. The van der Waals surface area contributed by atoms with Gasteiger partial charge in [0.25, 0.3) is 11.5 Å². The summed E-state index contributed by atoms with van der Waals surface area (Å²) in [5.41, 5.74) is 6.63. The van der Waals surface area contributed by atoms with E-state index in [9.17, 15) is 22.8 Å². The average Bonchev–Trinajstić information content (AvgIpc) is 3.65. The number of nitrogens with zero attached hydrogens (tertiary/aromatic N) is 3. The lowest BCUT2D eigenvalue weighted by atomic mass is 10.0. The zero-order chi connectivity index (χ0) is 27.6. The molecule has 4 aromatic rings. The maximum atomic E-state index is 13.5. The summed E-state index contributed by atoms with van der Waals surface area (Å²) in [6.07, 6.45) is 0.710. The summed E-state index contributed by atoms with van der Waals surface area (Å²) in [6.45, 7) is 0.191. The normalized spacial score (nSPS) is 14.3. The number of anilines is 1. The molecule has 0 unspecified atom stereocenters. The van der Waals surface area contributed by atoms with Crippen molar-refractivity contribution in [1.29, 1.82) is 0 Å². The zero-order valence-corrected chi connectivity index (χ0v) is 21.1. The minimum absolute atomic E-state index is 0.0257. The van der Waals surface area contributed by atoms with Gasteiger partial charge in [0, 0.05) is 36.6 Å². The molecule has 1 amide bonds. The first-order valence-corrected chi connectivity index (χ1v) is 12.8. The third-order valence-electron chi connectivity index (χ3n) is 6.91. The molecular formula is C29H28F3N5O2. The molecule has 1 atom stereocenters. The number of aromatic nitrogens is 3. The van der Waals surface area contributed by atoms with Crippen molar-refractivity contribution in [3.8, 4) is 5.69 Å². The van der Waals surface area contributed by atoms with E-state index in [0.29, 0.717) is 29.3 Å². The Morgan fingerprint density at radius 2 is 1.79 bits per heavy atom. The first-order valence-electron chi connectivity index (χ1n) is 12.8. The number of hydrogen-bond donors (Lipinski definition) is 2. The van der Waals surface area contributed by atoms with Crippen molar-refractivity contribution in [2.75, 3.05) is 5.32 Å². The molecule has 0 saturated heterocycles. The van der Waals surface area contributed by atoms with E-state index in [1.165, 1.54) is 0 Å². The smallest absolute Gasteiger partial charge is 0.326 e. The number of carbonyl (C=O) groups excluding carboxylic acids is 1. The largest absolute Gasteiger partial charge is 0.435 e. The standard InChI is InChI=1S/C29H28F3N5O2/c30-29(31,32)26-17-25(37(35-26)23-8-4-6-20(16-23)18-33)28(39)34-22-7-3-5-19(15-22)10-13-24(21-11-12-21)36-14-2-1-9-27(36)38/h1-9,14-17,21,24H,10-13,18,33H2,(H,34,39)/t24-/m0/s1. The molecule has 1 aliphatic carbocycles. The molecule has 1 fully saturated rings. The maximum absolute atomic E-state index is 13.5. The molecule has 2 aromatic heterocycles. The molecule has 2 heterocycles. The van der Waals surface area contributed by atoms with Crippen molar-refractivity contribution in [3.63, 3.8) is 0 Å². The fourth-order valence-corrected chi connectivity index (χ4v) is 4.80. The van der Waals surface area contributed by atoms with Crippen LogP contribution in [0.3, 0.4) is 0 Å². The topological polar surface area (TPSA) is 94.9 Å². The Morgan fingerprint density at radius 3 is 2.51 bits per heavy atom. The summed E-state index contributed by atoms with van der Waals surface area (Å²) in [4.78, 5) is 25.6. The molecule has 5 rings (SSSR count). The summed E-state index contributed by atoms with van der Waals surface area (Å²) in [5.74, 6) is -0.256. The number of rotatable bonds is 9. The number of carbonyl (C=O) groups is 1. The highest BCUT2D eigenvalue weighted by Gasteiger charge is 2.36. The van der Waals surface area contributed by atoms with Crippen LogP contribution in [0.15, 0.2) is 83.8 Å². The summed E-state index contributed by atoms with van der Waals surface area (Å²) >= 11 is 0. The van der Waals surface area contributed by atoms with Crippen molar-refractivity contribution >= 4 is 11.6 Å². The SMILES string of the molecule is NCc1cccc(-n2nc(C(F)(F)F)cc2C(=O)Nc2cccc(CC[C@@H](C3CC3)n3ccccc3=O)c2)c1. The first-order chi connectivity index (χ1) is 18.7. The number of benzene rings is 2. The number of hydrogen-bond acceptors (Lipinski definition) is 4. The van der Waals surface area contributed by atoms with Crippen LogP contribution in [0.25, 0.3) is 5.69 Å². The van der Waals surface area contributed by atoms with Gasteiger partial charge in [-0.25, -0.2) is 4.68 Å². The van der Waals surface area contributed by atoms with Crippen LogP contribution in [-0.2, 0) is 19.1 Å². The van der Waals surface area contributed by atoms with Crippen LogP contribution >= 0.6 is 0 Å². The second-order valence-electron chi connectivity index (χ2n) is 9.74. The van der Waals surface area contributed by atoms with E-state index < -0.39 is 17.8 Å². The average molecular weight is 536 g/mol. The van der Waals surface area contributed by atoms with Crippen molar-refractivity contribution < 1.29 is 18.0 Å². The molecule has 2 aromatic carbocycles. The van der Waals surface area contributed by atoms with Crippen molar-refractivity contribution in [2.24, 2.45) is 11.7 Å². The molecule has 202 valence electrons. The number of nitrogens with two attached hydrogens (primary N) is 1. The highest BCUT2D eigenvalue weighted by atomic mass is 19.4. The number of halogens is 3. The Morgan fingerprint density at radius 1 is 1.03 bits per heavy atom. The minimum atomic E-state index is -4.72. The molecule has 0 radical (unpaired) electrons. The van der Waals surface area contributed by atoms with Crippen LogP contribution in [0, 0.1) is 5.92 Å². The minimum Gasteiger partial charge on any atom is -0.326 e. The van der Waals surface area contributed by atoms with Crippen molar-refractivity contribution in [3.05, 3.63) is 112 Å². The van der Waals surface area contributed by atoms with Gasteiger partial charge in [0.15, 0.2) is 5.69 Å². The van der Waals surface area contributed by atoms with Gasteiger partial charge in [-0.05, 0) is 73.1 Å². The van der Waals surface area contributed by atoms with Gasteiger partial charge in [-0.3, -0.25) is 9.59 Å². The van der Waals surface area contributed by atoms with Gasteiger partial charge in [-0.1, -0.05) is 30.3 Å². The van der Waals surface area contributed by atoms with Crippen LogP contribution in [0.5, 0.6) is 0 Å². The van der Waals surface area contributed by atoms with E-state index in [1.54, 1.807) is 59.2 Å². The lowest BCUT2D eigenvalue weighted by Gasteiger charge is -2.19. The number of pyridine rings is 1. The highest BCUT2D eigenvalue weighted by molar-refractivity contribution is 6.03. The van der Waals surface area contributed by atoms with Crippen molar-refractivity contribution in [1.82, 2.24) is 14.3 Å². The van der Waals surface area contributed by atoms with Gasteiger partial charge < -0.3 is 15.6 Å². The molecule has 39 heavy (non-hydrogen) atoms. The first kappa shape index (κ1) is 26.4. The molecule has 0 spiro atoms. The maximum Gasteiger partial charge on any atom is 0.435 e. The number of nitrogens with one attached hydrogen (secondary N) is 1. The monoisotopic (exact) mass is 535 g/mol. The third kappa shape index (κ3) is 6.12. The molecule has 3 N–H and O–H groups in total. The van der Waals surface area contributed by atoms with Crippen LogP contribution < -0.4 is 16.6 Å². The van der Waals surface area contributed by atoms with Crippen LogP contribution in [0.1, 0.15) is 52.6 Å². The van der Waals surface area contributed by atoms with Gasteiger partial charge >= 0.3 is 6.18 Å². The van der Waals surface area contributed by atoms with Crippen molar-refractivity contribution in [2.45, 2.75) is 44.4 Å². The summed E-state index contributed by atoms with van der Waals surface area (Å²) in [5, 5.41) is 6.40. The Hall–Kier alpha value is -4.18. The molecule has 10 heteroatoms. The fraction of sp³-hybridized carbons (Fsp3) is 0.276. The third-order valence-corrected chi connectivity index (χ3v) is 6.91. The van der Waals surface area contributed by atoms with E-state index in [-0.39, 0.29) is 23.8 Å². The Labute approximate surface area is 223 Å². The number of amides is 1. The van der Waals surface area contributed by atoms with E-state index in [4.69, 9.17) is 5.73 Å². The van der Waals surface area contributed by atoms with Gasteiger partial charge in [0.1, 0.15) is 5.69 Å². The Bertz CT molecular complexity index is 1540. The summed E-state index contributed by atoms with van der Waals surface area (Å²) < 4.78 is 43.3. The molecular weight excluding hydrogens is 507 g/mol. The molecule has 1 aliphatic rings. The van der Waals surface area contributed by atoms with Gasteiger partial charge in [0.2, 0.25) is 0 Å². The van der Waals surface area contributed by atoms with E-state index in [0.717, 1.165) is 35.6 Å². The summed E-state index contributed by atoms with van der Waals surface area (Å²) in [7, 11) is 0. The van der Waals surface area contributed by atoms with Crippen LogP contribution in [-0.4, -0.2) is 20.3 Å². The van der Waals surface area contributed by atoms with E-state index in [1.807, 2.05) is 18.3 Å². The predicted molar refractivity (Wildman–Crippen MR) is 142 cm³/mol. The fourth-order valence-electron chi connectivity index (χ4n) is 4.80. The predicted octanol–water partition coefficient (Wildman–Crippen LogP) is 5.35.